The second-order valence-electron chi connectivity index (χ2n) is 5.78. The normalized spacial score (nSPS) is 32.5. The topological polar surface area (TPSA) is 55.1 Å². The highest BCUT2D eigenvalue weighted by atomic mass is 35.5. The number of halogens is 1. The maximum atomic E-state index is 12.3. The first-order valence-corrected chi connectivity index (χ1v) is 7.30. The first kappa shape index (κ1) is 12.9. The van der Waals surface area contributed by atoms with Gasteiger partial charge in [-0.25, -0.2) is 0 Å². The van der Waals surface area contributed by atoms with E-state index in [1.54, 1.807) is 0 Å². The first-order chi connectivity index (χ1) is 9.15. The van der Waals surface area contributed by atoms with Gasteiger partial charge in [-0.15, -0.1) is 0 Å². The molecule has 0 aromatic heterocycles. The summed E-state index contributed by atoms with van der Waals surface area (Å²) in [5.74, 6) is 1.18. The molecule has 1 aromatic rings. The Morgan fingerprint density at radius 3 is 2.84 bits per heavy atom. The molecule has 19 heavy (non-hydrogen) atoms. The van der Waals surface area contributed by atoms with Crippen molar-refractivity contribution in [1.29, 1.82) is 0 Å². The molecule has 1 amide bonds. The van der Waals surface area contributed by atoms with Gasteiger partial charge in [-0.3, -0.25) is 4.79 Å². The zero-order chi connectivity index (χ0) is 13.4. The van der Waals surface area contributed by atoms with E-state index in [0.29, 0.717) is 23.4 Å². The molecule has 2 aliphatic carbocycles. The third-order valence-corrected chi connectivity index (χ3v) is 4.87. The van der Waals surface area contributed by atoms with Crippen LogP contribution >= 0.6 is 11.6 Å². The molecule has 0 aliphatic heterocycles. The number of rotatable bonds is 3. The standard InChI is InChI=1S/C15H19ClN2O/c16-12-3-1-2-9(6-12)8-18-15(19)13-10-4-5-11(7-10)14(13)17/h1-3,6,10-11,13-14H,4-5,7-8,17H2,(H,18,19). The fourth-order valence-corrected chi connectivity index (χ4v) is 3.89. The highest BCUT2D eigenvalue weighted by Gasteiger charge is 2.48. The molecule has 2 bridgehead atoms. The van der Waals surface area contributed by atoms with E-state index in [9.17, 15) is 4.79 Å². The highest BCUT2D eigenvalue weighted by molar-refractivity contribution is 6.30. The molecule has 3 rings (SSSR count). The van der Waals surface area contributed by atoms with Crippen LogP contribution in [0.2, 0.25) is 5.02 Å². The maximum Gasteiger partial charge on any atom is 0.225 e. The molecular weight excluding hydrogens is 260 g/mol. The monoisotopic (exact) mass is 278 g/mol. The Bertz CT molecular complexity index is 489. The second kappa shape index (κ2) is 5.14. The Morgan fingerprint density at radius 2 is 2.16 bits per heavy atom. The highest BCUT2D eigenvalue weighted by Crippen LogP contribution is 2.47. The average Bonchev–Trinajstić information content (AvgIpc) is 2.97. The van der Waals surface area contributed by atoms with E-state index >= 15 is 0 Å². The molecule has 0 spiro atoms. The lowest BCUT2D eigenvalue weighted by Crippen LogP contribution is -2.45. The van der Waals surface area contributed by atoms with Crippen LogP contribution in [0, 0.1) is 17.8 Å². The fraction of sp³-hybridized carbons (Fsp3) is 0.533. The van der Waals surface area contributed by atoms with Crippen LogP contribution in [0.1, 0.15) is 24.8 Å². The molecule has 0 radical (unpaired) electrons. The van der Waals surface area contributed by atoms with Crippen LogP contribution in [0.4, 0.5) is 0 Å². The summed E-state index contributed by atoms with van der Waals surface area (Å²) >= 11 is 5.93. The molecule has 0 saturated heterocycles. The van der Waals surface area contributed by atoms with Crippen molar-refractivity contribution >= 4 is 17.5 Å². The van der Waals surface area contributed by atoms with Crippen LogP contribution in [0.15, 0.2) is 24.3 Å². The third kappa shape index (κ3) is 2.49. The summed E-state index contributed by atoms with van der Waals surface area (Å²) in [6, 6.07) is 7.62. The molecule has 3 nitrogen and oxygen atoms in total. The van der Waals surface area contributed by atoms with Gasteiger partial charge in [0.25, 0.3) is 0 Å². The summed E-state index contributed by atoms with van der Waals surface area (Å²) in [5.41, 5.74) is 7.20. The zero-order valence-electron chi connectivity index (χ0n) is 10.8. The third-order valence-electron chi connectivity index (χ3n) is 4.64. The van der Waals surface area contributed by atoms with Gasteiger partial charge in [0.05, 0.1) is 5.92 Å². The van der Waals surface area contributed by atoms with Gasteiger partial charge in [0.15, 0.2) is 0 Å². The number of amides is 1. The lowest BCUT2D eigenvalue weighted by Gasteiger charge is -2.27. The Morgan fingerprint density at radius 1 is 1.37 bits per heavy atom. The van der Waals surface area contributed by atoms with Gasteiger partial charge in [0.1, 0.15) is 0 Å². The second-order valence-corrected chi connectivity index (χ2v) is 6.22. The summed E-state index contributed by atoms with van der Waals surface area (Å²) in [6.07, 6.45) is 3.49. The summed E-state index contributed by atoms with van der Waals surface area (Å²) in [4.78, 5) is 12.3. The fourth-order valence-electron chi connectivity index (χ4n) is 3.68. The van der Waals surface area contributed by atoms with Gasteiger partial charge in [-0.05, 0) is 48.8 Å². The average molecular weight is 279 g/mol. The van der Waals surface area contributed by atoms with Crippen LogP contribution in [0.3, 0.4) is 0 Å². The van der Waals surface area contributed by atoms with Crippen LogP contribution in [0.25, 0.3) is 0 Å². The molecule has 2 fully saturated rings. The lowest BCUT2D eigenvalue weighted by atomic mass is 9.84. The van der Waals surface area contributed by atoms with Crippen molar-refractivity contribution in [3.8, 4) is 0 Å². The predicted octanol–water partition coefficient (Wildman–Crippen LogP) is 2.33. The van der Waals surface area contributed by atoms with Gasteiger partial charge in [0, 0.05) is 17.6 Å². The number of benzene rings is 1. The molecule has 2 aliphatic rings. The van der Waals surface area contributed by atoms with Crippen molar-refractivity contribution in [1.82, 2.24) is 5.32 Å². The molecule has 0 heterocycles. The lowest BCUT2D eigenvalue weighted by molar-refractivity contribution is -0.127. The van der Waals surface area contributed by atoms with Gasteiger partial charge in [-0.1, -0.05) is 23.7 Å². The largest absolute Gasteiger partial charge is 0.352 e. The van der Waals surface area contributed by atoms with Crippen LogP contribution < -0.4 is 11.1 Å². The van der Waals surface area contributed by atoms with Crippen molar-refractivity contribution in [3.63, 3.8) is 0 Å². The van der Waals surface area contributed by atoms with Crippen LogP contribution in [-0.2, 0) is 11.3 Å². The first-order valence-electron chi connectivity index (χ1n) is 6.93. The van der Waals surface area contributed by atoms with Crippen molar-refractivity contribution in [3.05, 3.63) is 34.9 Å². The number of carbonyl (C=O) groups is 1. The Balaban J connectivity index is 1.60. The van der Waals surface area contributed by atoms with E-state index in [2.05, 4.69) is 5.32 Å². The van der Waals surface area contributed by atoms with Crippen molar-refractivity contribution < 1.29 is 4.79 Å². The van der Waals surface area contributed by atoms with E-state index in [1.165, 1.54) is 6.42 Å². The number of fused-ring (bicyclic) bond motifs is 2. The quantitative estimate of drug-likeness (QED) is 0.892. The summed E-state index contributed by atoms with van der Waals surface area (Å²) in [6.45, 7) is 0.528. The van der Waals surface area contributed by atoms with Crippen LogP contribution in [-0.4, -0.2) is 11.9 Å². The minimum atomic E-state index is 0.0120. The van der Waals surface area contributed by atoms with E-state index in [1.807, 2.05) is 24.3 Å². The van der Waals surface area contributed by atoms with E-state index < -0.39 is 0 Å². The van der Waals surface area contributed by atoms with E-state index in [-0.39, 0.29) is 17.9 Å². The molecule has 3 N–H and O–H groups in total. The number of carbonyl (C=O) groups excluding carboxylic acids is 1. The maximum absolute atomic E-state index is 12.3. The van der Waals surface area contributed by atoms with Crippen molar-refractivity contribution in [2.24, 2.45) is 23.5 Å². The number of hydrogen-bond acceptors (Lipinski definition) is 2. The van der Waals surface area contributed by atoms with Gasteiger partial charge >= 0.3 is 0 Å². The van der Waals surface area contributed by atoms with E-state index in [0.717, 1.165) is 18.4 Å². The summed E-state index contributed by atoms with van der Waals surface area (Å²) < 4.78 is 0. The number of nitrogens with two attached hydrogens (primary N) is 1. The minimum absolute atomic E-state index is 0.0120. The van der Waals surface area contributed by atoms with Crippen LogP contribution in [0.5, 0.6) is 0 Å². The molecule has 4 atom stereocenters. The molecule has 2 saturated carbocycles. The summed E-state index contributed by atoms with van der Waals surface area (Å²) in [7, 11) is 0. The van der Waals surface area contributed by atoms with Gasteiger partial charge < -0.3 is 11.1 Å². The van der Waals surface area contributed by atoms with Gasteiger partial charge in [-0.2, -0.15) is 0 Å². The molecule has 102 valence electrons. The Kier molecular flexibility index (Phi) is 3.50. The van der Waals surface area contributed by atoms with Gasteiger partial charge in [0.2, 0.25) is 5.91 Å². The predicted molar refractivity (Wildman–Crippen MR) is 75.6 cm³/mol. The SMILES string of the molecule is NC1C2CCC(C2)C1C(=O)NCc1cccc(Cl)c1. The summed E-state index contributed by atoms with van der Waals surface area (Å²) in [5, 5.41) is 3.70. The van der Waals surface area contributed by atoms with Crippen molar-refractivity contribution in [2.45, 2.75) is 31.8 Å². The number of hydrogen-bond donors (Lipinski definition) is 2. The Labute approximate surface area is 118 Å². The molecular formula is C15H19ClN2O. The Hall–Kier alpha value is -1.06. The smallest absolute Gasteiger partial charge is 0.225 e. The van der Waals surface area contributed by atoms with E-state index in [4.69, 9.17) is 17.3 Å². The molecule has 1 aromatic carbocycles. The zero-order valence-corrected chi connectivity index (χ0v) is 11.6. The molecule has 4 unspecified atom stereocenters. The number of nitrogens with one attached hydrogen (secondary N) is 1. The molecule has 4 heteroatoms. The minimum Gasteiger partial charge on any atom is -0.352 e. The van der Waals surface area contributed by atoms with Crippen molar-refractivity contribution in [2.75, 3.05) is 0 Å².